The highest BCUT2D eigenvalue weighted by molar-refractivity contribution is 5.69. The molecule has 0 aliphatic carbocycles. The molecular weight excluding hydrogens is 376 g/mol. The van der Waals surface area contributed by atoms with Crippen LogP contribution in [0.2, 0.25) is 0 Å². The molecule has 0 aromatic rings. The molecule has 0 aromatic carbocycles. The Morgan fingerprint density at radius 2 is 1.27 bits per heavy atom. The molecule has 0 amide bonds. The lowest BCUT2D eigenvalue weighted by atomic mass is 10.2. The number of carbonyl (C=O) groups is 1. The molecule has 0 bridgehead atoms. The molecule has 0 aromatic heterocycles. The molecule has 4 heteroatoms. The maximum atomic E-state index is 12.0. The van der Waals surface area contributed by atoms with Gasteiger partial charge in [-0.2, -0.15) is 0 Å². The number of carbonyl (C=O) groups excluding carboxylic acids is 1. The fourth-order valence-electron chi connectivity index (χ4n) is 2.96. The minimum Gasteiger partial charge on any atom is -0.466 e. The summed E-state index contributed by atoms with van der Waals surface area (Å²) in [5.74, 6) is -0.141. The normalized spacial score (nSPS) is 11.9. The summed E-state index contributed by atoms with van der Waals surface area (Å²) in [5, 5.41) is 0. The summed E-state index contributed by atoms with van der Waals surface area (Å²) in [6.45, 7) is 8.36. The second-order valence-corrected chi connectivity index (χ2v) is 7.74. The molecule has 30 heavy (non-hydrogen) atoms. The third kappa shape index (κ3) is 21.6. The summed E-state index contributed by atoms with van der Waals surface area (Å²) in [6, 6.07) is 0. The predicted molar refractivity (Wildman–Crippen MR) is 127 cm³/mol. The average molecular weight is 425 g/mol. The van der Waals surface area contributed by atoms with Crippen LogP contribution in [0, 0.1) is 0 Å². The molecule has 0 spiro atoms. The number of unbranched alkanes of at least 4 members (excludes halogenated alkanes) is 7. The van der Waals surface area contributed by atoms with Crippen molar-refractivity contribution < 1.29 is 19.0 Å². The van der Waals surface area contributed by atoms with Crippen LogP contribution < -0.4 is 0 Å². The summed E-state index contributed by atoms with van der Waals surface area (Å²) in [5.41, 5.74) is 0. The van der Waals surface area contributed by atoms with E-state index in [9.17, 15) is 4.79 Å². The Morgan fingerprint density at radius 1 is 0.700 bits per heavy atom. The van der Waals surface area contributed by atoms with Crippen molar-refractivity contribution in [1.29, 1.82) is 0 Å². The van der Waals surface area contributed by atoms with Crippen molar-refractivity contribution in [2.75, 3.05) is 19.8 Å². The van der Waals surface area contributed by atoms with Crippen LogP contribution in [-0.2, 0) is 19.0 Å². The lowest BCUT2D eigenvalue weighted by molar-refractivity contribution is -0.159. The van der Waals surface area contributed by atoms with E-state index in [-0.39, 0.29) is 12.3 Å². The second-order valence-electron chi connectivity index (χ2n) is 7.74. The first-order valence-electron chi connectivity index (χ1n) is 12.4. The highest BCUT2D eigenvalue weighted by atomic mass is 16.7. The average Bonchev–Trinajstić information content (AvgIpc) is 2.75. The van der Waals surface area contributed by atoms with Gasteiger partial charge in [-0.25, -0.2) is 0 Å². The summed E-state index contributed by atoms with van der Waals surface area (Å²) < 4.78 is 17.2. The van der Waals surface area contributed by atoms with Crippen molar-refractivity contribution >= 4 is 5.97 Å². The number of esters is 1. The standard InChI is InChI=1S/C26H48O4/c1-4-7-10-13-15-18-23-29-26(30-24-19-16-14-11-8-5-2)21-20-25(27)28-22-17-12-9-6-3/h7-8,10-11,26H,4-6,9,12-24H2,1-3H3/b10-7-,11-8-. The lowest BCUT2D eigenvalue weighted by Crippen LogP contribution is -2.21. The van der Waals surface area contributed by atoms with Gasteiger partial charge in [-0.3, -0.25) is 4.79 Å². The van der Waals surface area contributed by atoms with Crippen molar-refractivity contribution in [3.05, 3.63) is 24.3 Å². The Morgan fingerprint density at radius 3 is 1.80 bits per heavy atom. The summed E-state index contributed by atoms with van der Waals surface area (Å²) >= 11 is 0. The third-order valence-electron chi connectivity index (χ3n) is 4.79. The zero-order chi connectivity index (χ0) is 22.1. The maximum absolute atomic E-state index is 12.0. The van der Waals surface area contributed by atoms with E-state index in [1.54, 1.807) is 0 Å². The van der Waals surface area contributed by atoms with E-state index in [2.05, 4.69) is 45.1 Å². The van der Waals surface area contributed by atoms with Gasteiger partial charge in [-0.15, -0.1) is 0 Å². The molecule has 0 unspecified atom stereocenters. The SMILES string of the molecule is CC/C=C\CCCCOC(CCC(=O)OCCCCCC)OCCCC/C=C\CC. The van der Waals surface area contributed by atoms with Gasteiger partial charge in [-0.1, -0.05) is 64.3 Å². The van der Waals surface area contributed by atoms with Gasteiger partial charge in [0.15, 0.2) is 6.29 Å². The van der Waals surface area contributed by atoms with Crippen molar-refractivity contribution in [2.24, 2.45) is 0 Å². The number of allylic oxidation sites excluding steroid dienone is 4. The van der Waals surface area contributed by atoms with E-state index in [0.29, 0.717) is 32.7 Å². The zero-order valence-electron chi connectivity index (χ0n) is 20.0. The van der Waals surface area contributed by atoms with Crippen LogP contribution in [0.5, 0.6) is 0 Å². The Kier molecular flexibility index (Phi) is 23.2. The highest BCUT2D eigenvalue weighted by Crippen LogP contribution is 2.10. The molecule has 0 atom stereocenters. The lowest BCUT2D eigenvalue weighted by Gasteiger charge is -2.18. The van der Waals surface area contributed by atoms with Crippen LogP contribution in [0.1, 0.15) is 111 Å². The van der Waals surface area contributed by atoms with Crippen molar-refractivity contribution in [3.8, 4) is 0 Å². The largest absolute Gasteiger partial charge is 0.466 e. The van der Waals surface area contributed by atoms with Crippen LogP contribution in [0.4, 0.5) is 0 Å². The predicted octanol–water partition coefficient (Wildman–Crippen LogP) is 7.52. The smallest absolute Gasteiger partial charge is 0.305 e. The summed E-state index contributed by atoms with van der Waals surface area (Å²) in [4.78, 5) is 12.0. The van der Waals surface area contributed by atoms with Gasteiger partial charge in [0.1, 0.15) is 0 Å². The highest BCUT2D eigenvalue weighted by Gasteiger charge is 2.13. The van der Waals surface area contributed by atoms with Gasteiger partial charge in [0.25, 0.3) is 0 Å². The molecular formula is C26H48O4. The van der Waals surface area contributed by atoms with Gasteiger partial charge >= 0.3 is 5.97 Å². The first-order chi connectivity index (χ1) is 14.7. The van der Waals surface area contributed by atoms with Crippen molar-refractivity contribution in [2.45, 2.75) is 117 Å². The van der Waals surface area contributed by atoms with Gasteiger partial charge in [0.05, 0.1) is 13.0 Å². The first kappa shape index (κ1) is 28.9. The van der Waals surface area contributed by atoms with Crippen LogP contribution >= 0.6 is 0 Å². The number of hydrogen-bond acceptors (Lipinski definition) is 4. The van der Waals surface area contributed by atoms with Crippen molar-refractivity contribution in [3.63, 3.8) is 0 Å². The second kappa shape index (κ2) is 24.1. The van der Waals surface area contributed by atoms with Crippen LogP contribution in [0.15, 0.2) is 24.3 Å². The number of rotatable bonds is 22. The molecule has 0 fully saturated rings. The van der Waals surface area contributed by atoms with E-state index >= 15 is 0 Å². The van der Waals surface area contributed by atoms with E-state index in [4.69, 9.17) is 14.2 Å². The molecule has 0 rings (SSSR count). The molecule has 0 aliphatic heterocycles. The molecule has 0 aliphatic rings. The number of hydrogen-bond donors (Lipinski definition) is 0. The summed E-state index contributed by atoms with van der Waals surface area (Å²) in [6.07, 6.45) is 22.6. The Hall–Kier alpha value is -1.13. The molecule has 0 heterocycles. The van der Waals surface area contributed by atoms with Gasteiger partial charge in [-0.05, 0) is 57.8 Å². The summed E-state index contributed by atoms with van der Waals surface area (Å²) in [7, 11) is 0. The first-order valence-corrected chi connectivity index (χ1v) is 12.4. The molecule has 0 saturated carbocycles. The van der Waals surface area contributed by atoms with Crippen LogP contribution in [0.3, 0.4) is 0 Å². The topological polar surface area (TPSA) is 44.8 Å². The molecule has 4 nitrogen and oxygen atoms in total. The fourth-order valence-corrected chi connectivity index (χ4v) is 2.96. The third-order valence-corrected chi connectivity index (χ3v) is 4.79. The van der Waals surface area contributed by atoms with E-state index in [0.717, 1.165) is 64.2 Å². The van der Waals surface area contributed by atoms with E-state index < -0.39 is 0 Å². The molecule has 176 valence electrons. The minimum atomic E-state index is -0.310. The molecule has 0 N–H and O–H groups in total. The minimum absolute atomic E-state index is 0.141. The molecule has 0 saturated heterocycles. The van der Waals surface area contributed by atoms with E-state index in [1.165, 1.54) is 12.8 Å². The van der Waals surface area contributed by atoms with Gasteiger partial charge < -0.3 is 14.2 Å². The van der Waals surface area contributed by atoms with Crippen molar-refractivity contribution in [1.82, 2.24) is 0 Å². The quantitative estimate of drug-likeness (QED) is 0.0780. The zero-order valence-corrected chi connectivity index (χ0v) is 20.0. The Balaban J connectivity index is 4.07. The van der Waals surface area contributed by atoms with Crippen LogP contribution in [-0.4, -0.2) is 32.1 Å². The monoisotopic (exact) mass is 424 g/mol. The molecule has 0 radical (unpaired) electrons. The fraction of sp³-hybridized carbons (Fsp3) is 0.808. The van der Waals surface area contributed by atoms with E-state index in [1.807, 2.05) is 0 Å². The van der Waals surface area contributed by atoms with Crippen LogP contribution in [0.25, 0.3) is 0 Å². The van der Waals surface area contributed by atoms with Gasteiger partial charge in [0, 0.05) is 19.6 Å². The van der Waals surface area contributed by atoms with Gasteiger partial charge in [0.2, 0.25) is 0 Å². The Labute approximate surface area is 186 Å². The Bertz CT molecular complexity index is 393. The maximum Gasteiger partial charge on any atom is 0.305 e. The number of ether oxygens (including phenoxy) is 3.